The van der Waals surface area contributed by atoms with Crippen LogP contribution in [0.2, 0.25) is 0 Å². The Hall–Kier alpha value is -6.98. The quantitative estimate of drug-likeness (QED) is 0.117. The number of hydrogen-bond donors (Lipinski definition) is 0. The topological polar surface area (TPSA) is 9.86 Å². The summed E-state index contributed by atoms with van der Waals surface area (Å²) in [6.45, 7) is 0. The summed E-state index contributed by atoms with van der Waals surface area (Å²) in [7, 11) is -6.51. The predicted molar refractivity (Wildman–Crippen MR) is 252 cm³/mol. The molecule has 0 aliphatic rings. The molecule has 12 rings (SSSR count). The van der Waals surface area contributed by atoms with Gasteiger partial charge >= 0.3 is 0 Å². The zero-order valence-corrected chi connectivity index (χ0v) is 30.6. The summed E-state index contributed by atoms with van der Waals surface area (Å²) in [6.07, 6.45) is 0. The van der Waals surface area contributed by atoms with E-state index in [-0.39, 0.29) is 4.70 Å². The first-order chi connectivity index (χ1) is 43.8. The maximum atomic E-state index is 10.5. The molecular formula is C54H36N2SSi. The third-order valence-electron chi connectivity index (χ3n) is 9.72. The summed E-state index contributed by atoms with van der Waals surface area (Å²) in [4.78, 5) is 0. The lowest BCUT2D eigenvalue weighted by atomic mass is 10.1. The minimum Gasteiger partial charge on any atom is -0.309 e. The minimum absolute atomic E-state index is 0.378. The van der Waals surface area contributed by atoms with Gasteiger partial charge in [-0.1, -0.05) is 175 Å². The number of fused-ring (bicyclic) bond motifs is 10. The molecule has 3 aromatic heterocycles. The van der Waals surface area contributed by atoms with Gasteiger partial charge < -0.3 is 9.13 Å². The lowest BCUT2D eigenvalue weighted by Gasteiger charge is -2.34. The molecule has 0 atom stereocenters. The Labute approximate surface area is 391 Å². The highest BCUT2D eigenvalue weighted by Gasteiger charge is 2.41. The summed E-state index contributed by atoms with van der Waals surface area (Å²) in [5, 5.41) is -8.43. The van der Waals surface area contributed by atoms with Gasteiger partial charge in [-0.25, -0.2) is 0 Å². The van der Waals surface area contributed by atoms with Crippen LogP contribution in [0.15, 0.2) is 218 Å². The zero-order chi connectivity index (χ0) is 69.5. The molecule has 0 aliphatic carbocycles. The summed E-state index contributed by atoms with van der Waals surface area (Å²) < 4.78 is 336. The minimum atomic E-state index is -6.51. The molecule has 0 saturated carbocycles. The van der Waals surface area contributed by atoms with Crippen LogP contribution in [-0.4, -0.2) is 17.2 Å². The second-order valence-corrected chi connectivity index (χ2v) is 17.0. The fourth-order valence-electron chi connectivity index (χ4n) is 7.44. The number of para-hydroxylation sites is 3. The highest BCUT2D eigenvalue weighted by molar-refractivity contribution is 7.26. The fraction of sp³-hybridized carbons (Fsp3) is 0. The fourth-order valence-corrected chi connectivity index (χ4v) is 12.0. The Kier molecular flexibility index (Phi) is 2.99. The van der Waals surface area contributed by atoms with Crippen molar-refractivity contribution in [1.29, 1.82) is 0 Å². The average molecular weight is 809 g/mol. The highest BCUT2D eigenvalue weighted by atomic mass is 32.1. The normalized spacial score (nSPS) is 20.8. The molecular weight excluding hydrogens is 737 g/mol. The van der Waals surface area contributed by atoms with Gasteiger partial charge in [0.15, 0.2) is 8.07 Å². The summed E-state index contributed by atoms with van der Waals surface area (Å²) in [6, 6.07) is -40.3. The Morgan fingerprint density at radius 1 is 0.379 bits per heavy atom. The third-order valence-corrected chi connectivity index (χ3v) is 14.8. The maximum Gasteiger partial charge on any atom is 0.179 e. The molecule has 0 bridgehead atoms. The summed E-state index contributed by atoms with van der Waals surface area (Å²) in [5.41, 5.74) is -4.49. The molecule has 4 heteroatoms. The molecule has 0 unspecified atom stereocenters. The van der Waals surface area contributed by atoms with Gasteiger partial charge in [0.25, 0.3) is 0 Å². The first-order valence-electron chi connectivity index (χ1n) is 35.0. The van der Waals surface area contributed by atoms with Crippen molar-refractivity contribution in [2.75, 3.05) is 0 Å². The Balaban J connectivity index is 1.42. The number of thiophene rings is 1. The largest absolute Gasteiger partial charge is 0.309 e. The molecule has 0 radical (unpaired) electrons. The van der Waals surface area contributed by atoms with Gasteiger partial charge in [0.1, 0.15) is 0 Å². The van der Waals surface area contributed by atoms with E-state index in [1.807, 2.05) is 0 Å². The van der Waals surface area contributed by atoms with Crippen LogP contribution in [0.5, 0.6) is 0 Å². The van der Waals surface area contributed by atoms with Crippen molar-refractivity contribution >= 4 is 104 Å². The Morgan fingerprint density at radius 2 is 0.793 bits per heavy atom. The van der Waals surface area contributed by atoms with Gasteiger partial charge in [-0.05, 0) is 63.0 Å². The second kappa shape index (κ2) is 13.0. The van der Waals surface area contributed by atoms with Gasteiger partial charge in [0.05, 0.1) is 81.8 Å². The van der Waals surface area contributed by atoms with Crippen LogP contribution in [0, 0.1) is 0 Å². The predicted octanol–water partition coefficient (Wildman–Crippen LogP) is 11.6. The molecule has 272 valence electrons. The van der Waals surface area contributed by atoms with E-state index >= 15 is 0 Å². The van der Waals surface area contributed by atoms with E-state index in [4.69, 9.17) is 26.0 Å². The first kappa shape index (κ1) is 13.3. The first-order valence-corrected chi connectivity index (χ1v) is 19.8. The number of rotatable bonds is 6. The summed E-state index contributed by atoms with van der Waals surface area (Å²) >= 11 is 0.473. The molecule has 3 heterocycles. The number of aromatic nitrogens is 2. The maximum absolute atomic E-state index is 10.5. The van der Waals surface area contributed by atoms with E-state index in [1.54, 1.807) is 0 Å². The lowest BCUT2D eigenvalue weighted by molar-refractivity contribution is 1.18. The van der Waals surface area contributed by atoms with Gasteiger partial charge in [-0.15, -0.1) is 11.3 Å². The Morgan fingerprint density at radius 3 is 1.33 bits per heavy atom. The van der Waals surface area contributed by atoms with Crippen LogP contribution in [0.25, 0.3) is 75.2 Å². The van der Waals surface area contributed by atoms with Crippen molar-refractivity contribution in [3.05, 3.63) is 218 Å². The zero-order valence-electron chi connectivity index (χ0n) is 64.8. The smallest absolute Gasteiger partial charge is 0.179 e. The molecule has 58 heavy (non-hydrogen) atoms. The van der Waals surface area contributed by atoms with E-state index in [0.717, 1.165) is 4.57 Å². The van der Waals surface area contributed by atoms with Crippen LogP contribution in [-0.2, 0) is 0 Å². The van der Waals surface area contributed by atoms with Crippen molar-refractivity contribution in [3.8, 4) is 11.4 Å². The molecule has 9 aromatic carbocycles. The molecule has 12 aromatic rings. The van der Waals surface area contributed by atoms with Crippen LogP contribution in [0.3, 0.4) is 0 Å². The van der Waals surface area contributed by atoms with Crippen LogP contribution >= 0.6 is 11.3 Å². The van der Waals surface area contributed by atoms with Crippen LogP contribution < -0.4 is 20.7 Å². The van der Waals surface area contributed by atoms with E-state index in [2.05, 4.69) is 0 Å². The van der Waals surface area contributed by atoms with Crippen molar-refractivity contribution in [2.24, 2.45) is 0 Å². The van der Waals surface area contributed by atoms with E-state index in [1.165, 1.54) is 0 Å². The molecule has 0 aliphatic heterocycles. The van der Waals surface area contributed by atoms with E-state index in [0.29, 0.717) is 15.9 Å². The lowest BCUT2D eigenvalue weighted by Crippen LogP contribution is -2.74. The molecule has 0 fully saturated rings. The monoisotopic (exact) mass is 808 g/mol. The summed E-state index contributed by atoms with van der Waals surface area (Å²) in [5.74, 6) is 0. The van der Waals surface area contributed by atoms with Crippen LogP contribution in [0.1, 0.15) is 49.3 Å². The standard InChI is InChI=1S/C54H36N2SSi/c1-4-18-38(19-5-1)58(39-20-6-2-7-21-39,40-22-8-3-9-23-40)41-34-32-37(33-35-41)55-47-28-14-12-26-44(47)46-36-50(54-52(53(46)55)45-27-13-17-31-51(45)57-54)56-48-29-15-10-24-42(48)43-25-11-16-30-49(43)56/h1-36H/i1D,2D,3D,4D,5D,6D,7D,8D,9D,10D,11D,12D,13D,14D,15D,16D,17D,18D,19D,20D,21D,22D,23D,24D,25D,26D,27D,28D,29D,30D,31D,32D,33D,34D,35D,36D. The molecule has 0 spiro atoms. The van der Waals surface area contributed by atoms with Gasteiger partial charge in [0, 0.05) is 42.7 Å². The molecule has 2 nitrogen and oxygen atoms in total. The van der Waals surface area contributed by atoms with Gasteiger partial charge in [-0.2, -0.15) is 0 Å². The van der Waals surface area contributed by atoms with Crippen molar-refractivity contribution in [3.63, 3.8) is 0 Å². The third kappa shape index (κ3) is 4.70. The Bertz CT molecular complexity index is 5290. The van der Waals surface area contributed by atoms with E-state index in [9.17, 15) is 23.3 Å². The van der Waals surface area contributed by atoms with Gasteiger partial charge in [0.2, 0.25) is 0 Å². The average Bonchev–Trinajstić information content (AvgIpc) is 1.32. The van der Waals surface area contributed by atoms with Crippen LogP contribution in [0.4, 0.5) is 0 Å². The number of benzene rings is 9. The SMILES string of the molecule is [2H]c1c([2H])c([2H])c([Si](c2c([2H])c([2H])c([2H])c([2H])c2[2H])(c2c([2H])c([2H])c([2H])c([2H])c2[2H])c2c([2H])c([2H])c(-n3c4c([2H])c([2H])c([2H])c([2H])c4c4c([2H])c(-n5c6c([2H])c([2H])c([2H])c([2H])c6c6c([2H])c([2H])c([2H])c([2H])c65)c5sc6c([2H])c([2H])c([2H])c([2H])c6c5c43)c([2H])c2[2H])c([2H])c1[2H]. The van der Waals surface area contributed by atoms with Gasteiger partial charge in [-0.3, -0.25) is 0 Å². The van der Waals surface area contributed by atoms with E-state index < -0.39 is 317 Å². The van der Waals surface area contributed by atoms with Crippen molar-refractivity contribution < 1.29 is 49.3 Å². The number of nitrogens with zero attached hydrogens (tertiary/aromatic N) is 2. The second-order valence-electron chi connectivity index (χ2n) is 12.5. The van der Waals surface area contributed by atoms with Crippen molar-refractivity contribution in [1.82, 2.24) is 9.13 Å². The molecule has 0 amide bonds. The number of hydrogen-bond acceptors (Lipinski definition) is 1. The highest BCUT2D eigenvalue weighted by Crippen LogP contribution is 2.47. The molecule has 0 saturated heterocycles. The van der Waals surface area contributed by atoms with Crippen molar-refractivity contribution in [2.45, 2.75) is 0 Å². The molecule has 0 N–H and O–H groups in total.